The first-order valence-electron chi connectivity index (χ1n) is 7.40. The van der Waals surface area contributed by atoms with Gasteiger partial charge in [0.25, 0.3) is 0 Å². The number of benzene rings is 1. The van der Waals surface area contributed by atoms with E-state index in [2.05, 4.69) is 10.2 Å². The molecule has 0 aromatic heterocycles. The van der Waals surface area contributed by atoms with E-state index < -0.39 is 11.7 Å². The number of hydrogen-bond donors (Lipinski definition) is 2. The summed E-state index contributed by atoms with van der Waals surface area (Å²) in [6.45, 7) is 3.35. The number of halogens is 3. The highest BCUT2D eigenvalue weighted by Gasteiger charge is 2.33. The number of likely N-dealkylation sites (tertiary alicyclic amines) is 1. The van der Waals surface area contributed by atoms with Gasteiger partial charge < -0.3 is 16.0 Å². The summed E-state index contributed by atoms with van der Waals surface area (Å²) in [5, 5.41) is 2.90. The lowest BCUT2D eigenvalue weighted by molar-refractivity contribution is -0.136. The monoisotopic (exact) mass is 301 g/mol. The standard InChI is InChI=1S/C15H22F3N3/c16-15(17,18)13-11-12(19)5-6-14(13)20-7-10-21-8-3-1-2-4-9-21/h5-6,11,20H,1-4,7-10,19H2. The van der Waals surface area contributed by atoms with Crippen LogP contribution >= 0.6 is 0 Å². The molecule has 0 atom stereocenters. The summed E-state index contributed by atoms with van der Waals surface area (Å²) in [6.07, 6.45) is 0.464. The Labute approximate surface area is 123 Å². The molecule has 1 saturated heterocycles. The van der Waals surface area contributed by atoms with Crippen molar-refractivity contribution in [1.82, 2.24) is 4.90 Å². The van der Waals surface area contributed by atoms with Crippen LogP contribution in [0.3, 0.4) is 0 Å². The Morgan fingerprint density at radius 3 is 2.38 bits per heavy atom. The van der Waals surface area contributed by atoms with E-state index in [1.807, 2.05) is 0 Å². The van der Waals surface area contributed by atoms with Crippen LogP contribution < -0.4 is 11.1 Å². The molecule has 2 rings (SSSR count). The lowest BCUT2D eigenvalue weighted by atomic mass is 10.1. The van der Waals surface area contributed by atoms with Gasteiger partial charge >= 0.3 is 6.18 Å². The normalized spacial score (nSPS) is 17.5. The predicted octanol–water partition coefficient (Wildman–Crippen LogP) is 3.58. The van der Waals surface area contributed by atoms with Crippen LogP contribution in [0.25, 0.3) is 0 Å². The second-order valence-corrected chi connectivity index (χ2v) is 5.49. The van der Waals surface area contributed by atoms with Crippen molar-refractivity contribution in [3.05, 3.63) is 23.8 Å². The van der Waals surface area contributed by atoms with E-state index in [-0.39, 0.29) is 11.4 Å². The molecule has 21 heavy (non-hydrogen) atoms. The number of nitrogens with zero attached hydrogens (tertiary/aromatic N) is 1. The molecular formula is C15H22F3N3. The van der Waals surface area contributed by atoms with Gasteiger partial charge in [-0.3, -0.25) is 0 Å². The molecule has 1 aliphatic rings. The molecule has 3 nitrogen and oxygen atoms in total. The van der Waals surface area contributed by atoms with E-state index in [4.69, 9.17) is 5.73 Å². The third-order valence-corrected chi connectivity index (χ3v) is 3.79. The Hall–Kier alpha value is -1.43. The van der Waals surface area contributed by atoms with Crippen molar-refractivity contribution in [2.24, 2.45) is 0 Å². The average Bonchev–Trinajstić information content (AvgIpc) is 2.68. The van der Waals surface area contributed by atoms with Crippen LogP contribution in [0.4, 0.5) is 24.5 Å². The minimum atomic E-state index is -4.39. The first kappa shape index (κ1) is 15.9. The summed E-state index contributed by atoms with van der Waals surface area (Å²) in [6, 6.07) is 3.87. The SMILES string of the molecule is Nc1ccc(NCCN2CCCCCC2)c(C(F)(F)F)c1. The molecular weight excluding hydrogens is 279 g/mol. The highest BCUT2D eigenvalue weighted by Crippen LogP contribution is 2.35. The number of anilines is 2. The molecule has 0 amide bonds. The largest absolute Gasteiger partial charge is 0.418 e. The van der Waals surface area contributed by atoms with Crippen LogP contribution in [0.15, 0.2) is 18.2 Å². The Morgan fingerprint density at radius 2 is 1.76 bits per heavy atom. The minimum absolute atomic E-state index is 0.103. The number of rotatable bonds is 4. The van der Waals surface area contributed by atoms with E-state index in [0.29, 0.717) is 6.54 Å². The molecule has 0 radical (unpaired) electrons. The molecule has 1 aromatic rings. The van der Waals surface area contributed by atoms with E-state index in [1.54, 1.807) is 0 Å². The second-order valence-electron chi connectivity index (χ2n) is 5.49. The van der Waals surface area contributed by atoms with Crippen molar-refractivity contribution in [2.75, 3.05) is 37.2 Å². The number of nitrogens with one attached hydrogen (secondary N) is 1. The van der Waals surface area contributed by atoms with Gasteiger partial charge in [-0.25, -0.2) is 0 Å². The fraction of sp³-hybridized carbons (Fsp3) is 0.600. The third-order valence-electron chi connectivity index (χ3n) is 3.79. The van der Waals surface area contributed by atoms with E-state index in [1.165, 1.54) is 37.8 Å². The van der Waals surface area contributed by atoms with E-state index in [0.717, 1.165) is 25.7 Å². The van der Waals surface area contributed by atoms with Crippen molar-refractivity contribution in [2.45, 2.75) is 31.9 Å². The lowest BCUT2D eigenvalue weighted by Gasteiger charge is -2.21. The summed E-state index contributed by atoms with van der Waals surface area (Å²) in [7, 11) is 0. The topological polar surface area (TPSA) is 41.3 Å². The number of nitrogen functional groups attached to an aromatic ring is 1. The lowest BCUT2D eigenvalue weighted by Crippen LogP contribution is -2.30. The smallest absolute Gasteiger partial charge is 0.399 e. The fourth-order valence-corrected chi connectivity index (χ4v) is 2.66. The van der Waals surface area contributed by atoms with Gasteiger partial charge in [0.2, 0.25) is 0 Å². The summed E-state index contributed by atoms with van der Waals surface area (Å²) in [5.41, 5.74) is 4.98. The van der Waals surface area contributed by atoms with Gasteiger partial charge in [0, 0.05) is 24.5 Å². The Bertz CT molecular complexity index is 452. The van der Waals surface area contributed by atoms with Crippen molar-refractivity contribution >= 4 is 11.4 Å². The summed E-state index contributed by atoms with van der Waals surface area (Å²) in [4.78, 5) is 2.31. The van der Waals surface area contributed by atoms with Crippen LogP contribution in [-0.4, -0.2) is 31.1 Å². The number of hydrogen-bond acceptors (Lipinski definition) is 3. The summed E-state index contributed by atoms with van der Waals surface area (Å²) < 4.78 is 38.9. The van der Waals surface area contributed by atoms with Gasteiger partial charge in [0.1, 0.15) is 0 Å². The van der Waals surface area contributed by atoms with Crippen molar-refractivity contribution in [1.29, 1.82) is 0 Å². The molecule has 0 spiro atoms. The molecule has 1 aliphatic heterocycles. The maximum absolute atomic E-state index is 13.0. The zero-order valence-corrected chi connectivity index (χ0v) is 12.0. The van der Waals surface area contributed by atoms with Crippen LogP contribution in [0, 0.1) is 0 Å². The zero-order valence-electron chi connectivity index (χ0n) is 12.0. The zero-order chi connectivity index (χ0) is 15.3. The molecule has 6 heteroatoms. The average molecular weight is 301 g/mol. The molecule has 3 N–H and O–H groups in total. The number of alkyl halides is 3. The highest BCUT2D eigenvalue weighted by molar-refractivity contribution is 5.59. The Morgan fingerprint density at radius 1 is 1.10 bits per heavy atom. The van der Waals surface area contributed by atoms with Gasteiger partial charge in [-0.05, 0) is 44.1 Å². The van der Waals surface area contributed by atoms with Crippen molar-refractivity contribution in [3.63, 3.8) is 0 Å². The van der Waals surface area contributed by atoms with Gasteiger partial charge in [-0.2, -0.15) is 13.2 Å². The second kappa shape index (κ2) is 7.02. The molecule has 0 bridgehead atoms. The van der Waals surface area contributed by atoms with Crippen molar-refractivity contribution in [3.8, 4) is 0 Å². The third kappa shape index (κ3) is 4.81. The molecule has 0 aliphatic carbocycles. The van der Waals surface area contributed by atoms with Crippen LogP contribution in [-0.2, 0) is 6.18 Å². The quantitative estimate of drug-likeness (QED) is 0.835. The van der Waals surface area contributed by atoms with Crippen LogP contribution in [0.5, 0.6) is 0 Å². The Kier molecular flexibility index (Phi) is 5.33. The maximum Gasteiger partial charge on any atom is 0.418 e. The Balaban J connectivity index is 1.93. The van der Waals surface area contributed by atoms with E-state index >= 15 is 0 Å². The van der Waals surface area contributed by atoms with E-state index in [9.17, 15) is 13.2 Å². The minimum Gasteiger partial charge on any atom is -0.399 e. The first-order valence-corrected chi connectivity index (χ1v) is 7.40. The molecule has 1 heterocycles. The molecule has 0 unspecified atom stereocenters. The highest BCUT2D eigenvalue weighted by atomic mass is 19.4. The van der Waals surface area contributed by atoms with Gasteiger partial charge in [-0.1, -0.05) is 12.8 Å². The van der Waals surface area contributed by atoms with Gasteiger partial charge in [0.05, 0.1) is 5.56 Å². The predicted molar refractivity (Wildman–Crippen MR) is 79.3 cm³/mol. The van der Waals surface area contributed by atoms with Crippen LogP contribution in [0.2, 0.25) is 0 Å². The molecule has 1 aromatic carbocycles. The summed E-state index contributed by atoms with van der Waals surface area (Å²) in [5.74, 6) is 0. The molecule has 0 saturated carbocycles. The fourth-order valence-electron chi connectivity index (χ4n) is 2.66. The van der Waals surface area contributed by atoms with Gasteiger partial charge in [0.15, 0.2) is 0 Å². The van der Waals surface area contributed by atoms with Gasteiger partial charge in [-0.15, -0.1) is 0 Å². The first-order chi connectivity index (χ1) is 9.97. The molecule has 1 fully saturated rings. The van der Waals surface area contributed by atoms with Crippen molar-refractivity contribution < 1.29 is 13.2 Å². The van der Waals surface area contributed by atoms with Crippen LogP contribution in [0.1, 0.15) is 31.2 Å². The number of nitrogens with two attached hydrogens (primary N) is 1. The maximum atomic E-state index is 13.0. The molecule has 118 valence electrons. The summed E-state index contributed by atoms with van der Waals surface area (Å²) >= 11 is 0.